The largest absolute Gasteiger partial charge is 0.501 e. The Hall–Kier alpha value is -1.76. The number of sulfone groups is 1. The van der Waals surface area contributed by atoms with Gasteiger partial charge in [-0.15, -0.1) is 0 Å². The monoisotopic (exact) mass is 444 g/mol. The van der Waals surface area contributed by atoms with Crippen LogP contribution in [0.1, 0.15) is 24.0 Å². The summed E-state index contributed by atoms with van der Waals surface area (Å²) in [5.74, 6) is 0. The highest BCUT2D eigenvalue weighted by atomic mass is 35.5. The van der Waals surface area contributed by atoms with Gasteiger partial charge < -0.3 is 0 Å². The second-order valence-electron chi connectivity index (χ2n) is 6.95. The zero-order chi connectivity index (χ0) is 20.3. The first-order chi connectivity index (χ1) is 13.0. The Morgan fingerprint density at radius 1 is 0.821 bits per heavy atom. The first kappa shape index (κ1) is 19.6. The van der Waals surface area contributed by atoms with E-state index in [1.807, 2.05) is 6.07 Å². The molecular formula is C20H13Cl2F3O2S. The van der Waals surface area contributed by atoms with Crippen molar-refractivity contribution in [2.75, 3.05) is 0 Å². The minimum atomic E-state index is -5.37. The van der Waals surface area contributed by atoms with Crippen LogP contribution in [0.25, 0.3) is 11.1 Å². The fourth-order valence-corrected chi connectivity index (χ4v) is 4.35. The SMILES string of the molecule is O=S(=O)(c1ccc(C2=CC3(C=C2c2ccc(Cl)c(Cl)c2)CC3)cc1)C(F)(F)F. The molecule has 0 bridgehead atoms. The van der Waals surface area contributed by atoms with Crippen molar-refractivity contribution in [1.29, 1.82) is 0 Å². The van der Waals surface area contributed by atoms with Crippen LogP contribution >= 0.6 is 23.2 Å². The summed E-state index contributed by atoms with van der Waals surface area (Å²) < 4.78 is 61.4. The van der Waals surface area contributed by atoms with Crippen molar-refractivity contribution in [2.45, 2.75) is 23.2 Å². The molecule has 1 spiro atoms. The molecule has 2 aromatic rings. The topological polar surface area (TPSA) is 34.1 Å². The molecule has 0 aliphatic heterocycles. The maximum absolute atomic E-state index is 12.8. The van der Waals surface area contributed by atoms with Gasteiger partial charge in [0.05, 0.1) is 14.9 Å². The fraction of sp³-hybridized carbons (Fsp3) is 0.200. The molecule has 0 atom stereocenters. The van der Waals surface area contributed by atoms with Gasteiger partial charge in [-0.1, -0.05) is 53.6 Å². The molecule has 2 aliphatic carbocycles. The summed E-state index contributed by atoms with van der Waals surface area (Å²) in [5.41, 5.74) is -2.15. The number of allylic oxidation sites excluding steroid dienone is 4. The highest BCUT2D eigenvalue weighted by Crippen LogP contribution is 2.57. The number of benzene rings is 2. The molecule has 2 aromatic carbocycles. The van der Waals surface area contributed by atoms with Gasteiger partial charge in [-0.3, -0.25) is 0 Å². The molecule has 0 unspecified atom stereocenters. The number of hydrogen-bond donors (Lipinski definition) is 0. The second-order valence-corrected chi connectivity index (χ2v) is 9.71. The lowest BCUT2D eigenvalue weighted by atomic mass is 9.95. The van der Waals surface area contributed by atoms with Crippen LogP contribution in [0, 0.1) is 5.41 Å². The van der Waals surface area contributed by atoms with Crippen LogP contribution in [0.15, 0.2) is 59.5 Å². The van der Waals surface area contributed by atoms with Crippen molar-refractivity contribution in [3.8, 4) is 0 Å². The van der Waals surface area contributed by atoms with Crippen molar-refractivity contribution in [1.82, 2.24) is 0 Å². The molecule has 2 nitrogen and oxygen atoms in total. The maximum Gasteiger partial charge on any atom is 0.501 e. The van der Waals surface area contributed by atoms with Crippen LogP contribution in [-0.4, -0.2) is 13.9 Å². The Balaban J connectivity index is 1.74. The third-order valence-corrected chi connectivity index (χ3v) is 7.23. The minimum absolute atomic E-state index is 0.0481. The number of alkyl halides is 3. The molecule has 0 heterocycles. The second kappa shape index (κ2) is 6.37. The third kappa shape index (κ3) is 3.27. The molecule has 0 radical (unpaired) electrons. The third-order valence-electron chi connectivity index (χ3n) is 4.99. The van der Waals surface area contributed by atoms with Gasteiger partial charge in [0.2, 0.25) is 0 Å². The highest BCUT2D eigenvalue weighted by Gasteiger charge is 2.47. The summed E-state index contributed by atoms with van der Waals surface area (Å²) in [7, 11) is -5.37. The lowest BCUT2D eigenvalue weighted by molar-refractivity contribution is -0.0436. The summed E-state index contributed by atoms with van der Waals surface area (Å²) in [5, 5.41) is 0.833. The van der Waals surface area contributed by atoms with Crippen molar-refractivity contribution < 1.29 is 21.6 Å². The van der Waals surface area contributed by atoms with E-state index in [-0.39, 0.29) is 5.41 Å². The average Bonchev–Trinajstić information content (AvgIpc) is 3.27. The summed E-state index contributed by atoms with van der Waals surface area (Å²) in [6.07, 6.45) is 6.18. The van der Waals surface area contributed by atoms with Crippen molar-refractivity contribution >= 4 is 44.2 Å². The van der Waals surface area contributed by atoms with Gasteiger partial charge in [0.15, 0.2) is 0 Å². The average molecular weight is 445 g/mol. The molecule has 4 rings (SSSR count). The van der Waals surface area contributed by atoms with E-state index in [9.17, 15) is 21.6 Å². The predicted molar refractivity (Wildman–Crippen MR) is 104 cm³/mol. The van der Waals surface area contributed by atoms with E-state index in [0.717, 1.165) is 41.7 Å². The van der Waals surface area contributed by atoms with Crippen molar-refractivity contribution in [3.63, 3.8) is 0 Å². The Kier molecular flexibility index (Phi) is 4.45. The van der Waals surface area contributed by atoms with E-state index in [2.05, 4.69) is 12.2 Å². The number of rotatable bonds is 3. The van der Waals surface area contributed by atoms with Crippen LogP contribution < -0.4 is 0 Å². The standard InChI is InChI=1S/C20H13Cl2F3O2S/c21-17-6-3-13(9-18(17)22)16-11-19(7-8-19)10-15(16)12-1-4-14(5-2-12)28(26,27)20(23,24)25/h1-6,9-11H,7-8H2. The summed E-state index contributed by atoms with van der Waals surface area (Å²) >= 11 is 12.1. The smallest absolute Gasteiger partial charge is 0.214 e. The van der Waals surface area contributed by atoms with Gasteiger partial charge in [-0.2, -0.15) is 13.2 Å². The van der Waals surface area contributed by atoms with Gasteiger partial charge in [0.25, 0.3) is 9.84 Å². The van der Waals surface area contributed by atoms with Crippen LogP contribution in [0.4, 0.5) is 13.2 Å². The van der Waals surface area contributed by atoms with Crippen LogP contribution in [0.2, 0.25) is 10.0 Å². The molecule has 0 amide bonds. The van der Waals surface area contributed by atoms with Crippen LogP contribution in [0.5, 0.6) is 0 Å². The van der Waals surface area contributed by atoms with E-state index in [1.54, 1.807) is 12.1 Å². The molecule has 8 heteroatoms. The number of hydrogen-bond acceptors (Lipinski definition) is 2. The van der Waals surface area contributed by atoms with Crippen LogP contribution in [-0.2, 0) is 9.84 Å². The number of halogens is 5. The van der Waals surface area contributed by atoms with Gasteiger partial charge in [0, 0.05) is 5.41 Å². The first-order valence-corrected chi connectivity index (χ1v) is 10.6. The van der Waals surface area contributed by atoms with Gasteiger partial charge in [-0.25, -0.2) is 8.42 Å². The summed E-state index contributed by atoms with van der Waals surface area (Å²) in [6, 6.07) is 10.0. The summed E-state index contributed by atoms with van der Waals surface area (Å²) in [6.45, 7) is 0. The van der Waals surface area contributed by atoms with E-state index in [1.165, 1.54) is 12.1 Å². The van der Waals surface area contributed by atoms with Crippen molar-refractivity contribution in [3.05, 3.63) is 75.8 Å². The molecule has 28 heavy (non-hydrogen) atoms. The molecule has 0 N–H and O–H groups in total. The summed E-state index contributed by atoms with van der Waals surface area (Å²) in [4.78, 5) is -0.774. The Morgan fingerprint density at radius 3 is 1.86 bits per heavy atom. The Labute approximate surface area is 170 Å². The Morgan fingerprint density at radius 2 is 1.36 bits per heavy atom. The lowest BCUT2D eigenvalue weighted by Gasteiger charge is -2.12. The molecule has 2 aliphatic rings. The molecule has 146 valence electrons. The van der Waals surface area contributed by atoms with Gasteiger partial charge in [0.1, 0.15) is 0 Å². The van der Waals surface area contributed by atoms with Gasteiger partial charge in [-0.05, 0) is 59.4 Å². The lowest BCUT2D eigenvalue weighted by Crippen LogP contribution is -2.23. The molecule has 0 saturated heterocycles. The molecule has 0 aromatic heterocycles. The van der Waals surface area contributed by atoms with Crippen LogP contribution in [0.3, 0.4) is 0 Å². The van der Waals surface area contributed by atoms with Gasteiger partial charge >= 0.3 is 5.51 Å². The molecule has 1 saturated carbocycles. The van der Waals surface area contributed by atoms with E-state index < -0.39 is 20.2 Å². The predicted octanol–water partition coefficient (Wildman–Crippen LogP) is 6.55. The fourth-order valence-electron chi connectivity index (χ4n) is 3.29. The van der Waals surface area contributed by atoms with Crippen molar-refractivity contribution in [2.24, 2.45) is 5.41 Å². The Bertz CT molecular complexity index is 1130. The van der Waals surface area contributed by atoms with E-state index >= 15 is 0 Å². The van der Waals surface area contributed by atoms with E-state index in [4.69, 9.17) is 23.2 Å². The highest BCUT2D eigenvalue weighted by molar-refractivity contribution is 7.92. The maximum atomic E-state index is 12.8. The quantitative estimate of drug-likeness (QED) is 0.537. The first-order valence-electron chi connectivity index (χ1n) is 8.36. The normalized spacial score (nSPS) is 18.2. The molecular weight excluding hydrogens is 432 g/mol. The minimum Gasteiger partial charge on any atom is -0.214 e. The van der Waals surface area contributed by atoms with E-state index in [0.29, 0.717) is 15.6 Å². The zero-order valence-electron chi connectivity index (χ0n) is 14.2. The molecule has 1 fully saturated rings. The zero-order valence-corrected chi connectivity index (χ0v) is 16.6.